The van der Waals surface area contributed by atoms with Gasteiger partial charge in [0.05, 0.1) is 6.54 Å². The Labute approximate surface area is 133 Å². The second-order valence-corrected chi connectivity index (χ2v) is 5.96. The van der Waals surface area contributed by atoms with Gasteiger partial charge in [-0.1, -0.05) is 13.0 Å². The lowest BCUT2D eigenvalue weighted by Crippen LogP contribution is -2.13. The van der Waals surface area contributed by atoms with Crippen LogP contribution in [0.25, 0.3) is 0 Å². The van der Waals surface area contributed by atoms with Crippen LogP contribution >= 0.6 is 22.6 Å². The van der Waals surface area contributed by atoms with Crippen LogP contribution in [0.5, 0.6) is 5.75 Å². The highest BCUT2D eigenvalue weighted by Crippen LogP contribution is 2.19. The maximum Gasteiger partial charge on any atom is 0.120 e. The summed E-state index contributed by atoms with van der Waals surface area (Å²) in [6, 6.07) is 10.1. The van der Waals surface area contributed by atoms with Crippen molar-refractivity contribution in [2.75, 3.05) is 6.54 Å². The lowest BCUT2D eigenvalue weighted by atomic mass is 10.2. The zero-order valence-electron chi connectivity index (χ0n) is 11.9. The highest BCUT2D eigenvalue weighted by atomic mass is 127. The van der Waals surface area contributed by atoms with Gasteiger partial charge in [-0.15, -0.1) is 0 Å². The molecule has 1 aromatic heterocycles. The standard InChI is InChI=1S/C16H20INO2/c1-3-7-18-10-16-8-13(12(2)20-16)11-19-15-6-4-5-14(17)9-15/h4-6,8-9,18H,3,7,10-11H2,1-2H3. The molecule has 0 aliphatic heterocycles. The molecule has 1 aromatic carbocycles. The van der Waals surface area contributed by atoms with Crippen molar-refractivity contribution in [2.45, 2.75) is 33.4 Å². The molecular formula is C16H20INO2. The Morgan fingerprint density at radius 2 is 2.15 bits per heavy atom. The largest absolute Gasteiger partial charge is 0.489 e. The number of hydrogen-bond acceptors (Lipinski definition) is 3. The number of halogens is 1. The molecule has 0 atom stereocenters. The van der Waals surface area contributed by atoms with E-state index in [1.54, 1.807) is 0 Å². The lowest BCUT2D eigenvalue weighted by Gasteiger charge is -2.05. The van der Waals surface area contributed by atoms with Crippen LogP contribution in [-0.2, 0) is 13.2 Å². The average Bonchev–Trinajstić information content (AvgIpc) is 2.77. The normalized spacial score (nSPS) is 10.8. The molecule has 0 aliphatic rings. The van der Waals surface area contributed by atoms with Crippen molar-refractivity contribution in [3.05, 3.63) is 51.0 Å². The first kappa shape index (κ1) is 15.4. The molecule has 0 aliphatic carbocycles. The molecular weight excluding hydrogens is 365 g/mol. The second kappa shape index (κ2) is 7.69. The van der Waals surface area contributed by atoms with Crippen molar-refractivity contribution < 1.29 is 9.15 Å². The molecule has 0 saturated carbocycles. The lowest BCUT2D eigenvalue weighted by molar-refractivity contribution is 0.303. The van der Waals surface area contributed by atoms with Gasteiger partial charge in [-0.2, -0.15) is 0 Å². The molecule has 2 aromatic rings. The van der Waals surface area contributed by atoms with Gasteiger partial charge in [0.25, 0.3) is 0 Å². The Hall–Kier alpha value is -1.01. The SMILES string of the molecule is CCCNCc1cc(COc2cccc(I)c2)c(C)o1. The van der Waals surface area contributed by atoms with E-state index in [1.165, 1.54) is 3.57 Å². The number of aryl methyl sites for hydroxylation is 1. The van der Waals surface area contributed by atoms with E-state index in [0.717, 1.165) is 42.3 Å². The summed E-state index contributed by atoms with van der Waals surface area (Å²) in [6.07, 6.45) is 1.13. The van der Waals surface area contributed by atoms with E-state index in [0.29, 0.717) is 6.61 Å². The molecule has 1 heterocycles. The average molecular weight is 385 g/mol. The quantitative estimate of drug-likeness (QED) is 0.571. The van der Waals surface area contributed by atoms with E-state index >= 15 is 0 Å². The molecule has 3 nitrogen and oxygen atoms in total. The molecule has 0 fully saturated rings. The number of nitrogens with one attached hydrogen (secondary N) is 1. The van der Waals surface area contributed by atoms with Gasteiger partial charge in [-0.05, 0) is 66.7 Å². The van der Waals surface area contributed by atoms with Gasteiger partial charge in [0.2, 0.25) is 0 Å². The van der Waals surface area contributed by atoms with Crippen molar-refractivity contribution in [3.8, 4) is 5.75 Å². The molecule has 0 spiro atoms. The van der Waals surface area contributed by atoms with Gasteiger partial charge in [-0.3, -0.25) is 0 Å². The molecule has 0 saturated heterocycles. The number of furan rings is 1. The Morgan fingerprint density at radius 1 is 1.30 bits per heavy atom. The van der Waals surface area contributed by atoms with Gasteiger partial charge in [0.15, 0.2) is 0 Å². The van der Waals surface area contributed by atoms with Crippen molar-refractivity contribution >= 4 is 22.6 Å². The summed E-state index contributed by atoms with van der Waals surface area (Å²) in [5.41, 5.74) is 1.11. The molecule has 2 rings (SSSR count). The number of ether oxygens (including phenoxy) is 1. The molecule has 0 radical (unpaired) electrons. The van der Waals surface area contributed by atoms with E-state index in [9.17, 15) is 0 Å². The zero-order valence-corrected chi connectivity index (χ0v) is 14.1. The Bertz CT molecular complexity index is 551. The summed E-state index contributed by atoms with van der Waals surface area (Å²) in [6.45, 7) is 6.47. The molecule has 1 N–H and O–H groups in total. The minimum Gasteiger partial charge on any atom is -0.489 e. The maximum absolute atomic E-state index is 5.81. The van der Waals surface area contributed by atoms with Gasteiger partial charge in [-0.25, -0.2) is 0 Å². The van der Waals surface area contributed by atoms with Crippen molar-refractivity contribution in [1.82, 2.24) is 5.32 Å². The number of benzene rings is 1. The summed E-state index contributed by atoms with van der Waals surface area (Å²) >= 11 is 2.28. The van der Waals surface area contributed by atoms with Crippen LogP contribution in [0.4, 0.5) is 0 Å². The zero-order chi connectivity index (χ0) is 14.4. The smallest absolute Gasteiger partial charge is 0.120 e. The minimum absolute atomic E-state index is 0.545. The van der Waals surface area contributed by atoms with Crippen LogP contribution in [-0.4, -0.2) is 6.54 Å². The Morgan fingerprint density at radius 3 is 2.90 bits per heavy atom. The predicted octanol–water partition coefficient (Wildman–Crippen LogP) is 4.27. The van der Waals surface area contributed by atoms with Crippen molar-refractivity contribution in [3.63, 3.8) is 0 Å². The van der Waals surface area contributed by atoms with Crippen LogP contribution in [0.1, 0.15) is 30.4 Å². The second-order valence-electron chi connectivity index (χ2n) is 4.72. The first-order valence-corrected chi connectivity index (χ1v) is 7.94. The van der Waals surface area contributed by atoms with Crippen LogP contribution in [0, 0.1) is 10.5 Å². The third kappa shape index (κ3) is 4.52. The fraction of sp³-hybridized carbons (Fsp3) is 0.375. The fourth-order valence-corrected chi connectivity index (χ4v) is 2.44. The summed E-state index contributed by atoms with van der Waals surface area (Å²) < 4.78 is 12.7. The summed E-state index contributed by atoms with van der Waals surface area (Å²) in [7, 11) is 0. The Balaban J connectivity index is 1.92. The maximum atomic E-state index is 5.81. The molecule has 108 valence electrons. The third-order valence-electron chi connectivity index (χ3n) is 2.99. The van der Waals surface area contributed by atoms with E-state index in [4.69, 9.17) is 9.15 Å². The first-order chi connectivity index (χ1) is 9.69. The fourth-order valence-electron chi connectivity index (χ4n) is 1.92. The van der Waals surface area contributed by atoms with E-state index < -0.39 is 0 Å². The number of rotatable bonds is 7. The third-order valence-corrected chi connectivity index (χ3v) is 3.66. The van der Waals surface area contributed by atoms with Crippen LogP contribution < -0.4 is 10.1 Å². The van der Waals surface area contributed by atoms with E-state index in [1.807, 2.05) is 31.2 Å². The Kier molecular flexibility index (Phi) is 5.91. The van der Waals surface area contributed by atoms with E-state index in [2.05, 4.69) is 40.9 Å². The first-order valence-electron chi connectivity index (χ1n) is 6.86. The van der Waals surface area contributed by atoms with Gasteiger partial charge in [0, 0.05) is 9.13 Å². The molecule has 0 unspecified atom stereocenters. The minimum atomic E-state index is 0.545. The topological polar surface area (TPSA) is 34.4 Å². The van der Waals surface area contributed by atoms with Crippen molar-refractivity contribution in [1.29, 1.82) is 0 Å². The highest BCUT2D eigenvalue weighted by Gasteiger charge is 2.08. The molecule has 4 heteroatoms. The van der Waals surface area contributed by atoms with Gasteiger partial charge >= 0.3 is 0 Å². The van der Waals surface area contributed by atoms with E-state index in [-0.39, 0.29) is 0 Å². The van der Waals surface area contributed by atoms with Gasteiger partial charge in [0.1, 0.15) is 23.9 Å². The van der Waals surface area contributed by atoms with Crippen LogP contribution in [0.2, 0.25) is 0 Å². The molecule has 20 heavy (non-hydrogen) atoms. The molecule has 0 bridgehead atoms. The van der Waals surface area contributed by atoms with Crippen molar-refractivity contribution in [2.24, 2.45) is 0 Å². The van der Waals surface area contributed by atoms with Crippen LogP contribution in [0.3, 0.4) is 0 Å². The van der Waals surface area contributed by atoms with Crippen LogP contribution in [0.15, 0.2) is 34.7 Å². The monoisotopic (exact) mass is 385 g/mol. The molecule has 0 amide bonds. The predicted molar refractivity (Wildman–Crippen MR) is 88.9 cm³/mol. The van der Waals surface area contributed by atoms with Gasteiger partial charge < -0.3 is 14.5 Å². The summed E-state index contributed by atoms with van der Waals surface area (Å²) in [5.74, 6) is 2.80. The number of hydrogen-bond donors (Lipinski definition) is 1. The summed E-state index contributed by atoms with van der Waals surface area (Å²) in [4.78, 5) is 0. The highest BCUT2D eigenvalue weighted by molar-refractivity contribution is 14.1. The summed E-state index contributed by atoms with van der Waals surface area (Å²) in [5, 5.41) is 3.34.